The van der Waals surface area contributed by atoms with Crippen LogP contribution in [0.3, 0.4) is 0 Å². The molecule has 4 atom stereocenters. The third kappa shape index (κ3) is 2.18. The minimum Gasteiger partial charge on any atom is -0.493 e. The number of benzene rings is 1. The van der Waals surface area contributed by atoms with Crippen LogP contribution in [0.25, 0.3) is 0 Å². The molecule has 1 aliphatic heterocycles. The van der Waals surface area contributed by atoms with Gasteiger partial charge >= 0.3 is 5.97 Å². The molecular formula is C22H30O5. The van der Waals surface area contributed by atoms with Crippen LogP contribution < -0.4 is 9.47 Å². The van der Waals surface area contributed by atoms with Gasteiger partial charge in [0.2, 0.25) is 0 Å². The number of ether oxygens (including phenoxy) is 3. The molecule has 27 heavy (non-hydrogen) atoms. The second kappa shape index (κ2) is 5.87. The first-order chi connectivity index (χ1) is 12.7. The standard InChI is InChI=1S/C22H30O5/c1-11(2)12-10-13-14(17(26-6)16(12)25-5)22-9-7-8-21(3,4)19(22)18(15(13)23)27-20(22)24/h10-11,15,18-19,23H,7-9H2,1-6H3. The van der Waals surface area contributed by atoms with E-state index in [4.69, 9.17) is 14.2 Å². The minimum absolute atomic E-state index is 0.0720. The molecule has 3 aliphatic rings. The summed E-state index contributed by atoms with van der Waals surface area (Å²) >= 11 is 0. The quantitative estimate of drug-likeness (QED) is 0.814. The average Bonchev–Trinajstić information content (AvgIpc) is 2.89. The maximum Gasteiger partial charge on any atom is 0.317 e. The Labute approximate surface area is 161 Å². The van der Waals surface area contributed by atoms with Gasteiger partial charge in [-0.1, -0.05) is 34.1 Å². The van der Waals surface area contributed by atoms with E-state index < -0.39 is 17.6 Å². The van der Waals surface area contributed by atoms with E-state index in [1.165, 1.54) is 0 Å². The van der Waals surface area contributed by atoms with Crippen LogP contribution in [0.15, 0.2) is 6.07 Å². The molecule has 1 N–H and O–H groups in total. The second-order valence-corrected chi connectivity index (χ2v) is 9.26. The molecule has 1 aromatic carbocycles. The van der Waals surface area contributed by atoms with Crippen molar-refractivity contribution in [2.75, 3.05) is 14.2 Å². The molecule has 1 saturated heterocycles. The monoisotopic (exact) mass is 374 g/mol. The molecule has 0 aromatic heterocycles. The van der Waals surface area contributed by atoms with Crippen molar-refractivity contribution in [2.45, 2.75) is 70.5 Å². The fraction of sp³-hybridized carbons (Fsp3) is 0.682. The molecule has 1 aromatic rings. The lowest BCUT2D eigenvalue weighted by atomic mass is 9.49. The van der Waals surface area contributed by atoms with Crippen LogP contribution in [-0.2, 0) is 14.9 Å². The highest BCUT2D eigenvalue weighted by Gasteiger charge is 2.70. The minimum atomic E-state index is -0.848. The predicted molar refractivity (Wildman–Crippen MR) is 101 cm³/mol. The van der Waals surface area contributed by atoms with Crippen molar-refractivity contribution >= 4 is 5.97 Å². The van der Waals surface area contributed by atoms with Crippen LogP contribution in [0.2, 0.25) is 0 Å². The largest absolute Gasteiger partial charge is 0.493 e. The predicted octanol–water partition coefficient (Wildman–Crippen LogP) is 3.86. The van der Waals surface area contributed by atoms with E-state index in [0.717, 1.165) is 36.0 Å². The topological polar surface area (TPSA) is 65.0 Å². The van der Waals surface area contributed by atoms with Gasteiger partial charge in [0.1, 0.15) is 17.6 Å². The van der Waals surface area contributed by atoms with Crippen LogP contribution in [0.4, 0.5) is 0 Å². The van der Waals surface area contributed by atoms with Crippen LogP contribution in [0, 0.1) is 11.3 Å². The Morgan fingerprint density at radius 2 is 1.85 bits per heavy atom. The maximum atomic E-state index is 13.3. The number of carbonyl (C=O) groups excluding carboxylic acids is 1. The Morgan fingerprint density at radius 3 is 2.44 bits per heavy atom. The summed E-state index contributed by atoms with van der Waals surface area (Å²) in [6.45, 7) is 8.54. The van der Waals surface area contributed by atoms with Crippen molar-refractivity contribution in [1.82, 2.24) is 0 Å². The zero-order valence-electron chi connectivity index (χ0n) is 17.1. The number of rotatable bonds is 3. The average molecular weight is 374 g/mol. The molecule has 1 heterocycles. The SMILES string of the molecule is COc1c(C(C)C)cc2c(c1OC)C13CCCC(C)(C)C1C(OC3=O)C2O. The van der Waals surface area contributed by atoms with Crippen molar-refractivity contribution in [3.63, 3.8) is 0 Å². The van der Waals surface area contributed by atoms with E-state index in [9.17, 15) is 9.90 Å². The number of methoxy groups -OCH3 is 2. The number of fused-ring (bicyclic) bond motifs is 1. The van der Waals surface area contributed by atoms with E-state index in [-0.39, 0.29) is 23.2 Å². The van der Waals surface area contributed by atoms with Crippen molar-refractivity contribution < 1.29 is 24.1 Å². The molecule has 4 rings (SSSR count). The first-order valence-electron chi connectivity index (χ1n) is 9.89. The summed E-state index contributed by atoms with van der Waals surface area (Å²) in [5.41, 5.74) is 1.65. The molecule has 2 aliphatic carbocycles. The molecule has 5 heteroatoms. The molecule has 148 valence electrons. The van der Waals surface area contributed by atoms with Crippen molar-refractivity contribution in [1.29, 1.82) is 0 Å². The Kier molecular flexibility index (Phi) is 4.05. The van der Waals surface area contributed by atoms with Gasteiger partial charge in [0.05, 0.1) is 14.2 Å². The first kappa shape index (κ1) is 18.6. The maximum absolute atomic E-state index is 13.3. The fourth-order valence-corrected chi connectivity index (χ4v) is 6.07. The van der Waals surface area contributed by atoms with Gasteiger partial charge in [-0.25, -0.2) is 0 Å². The second-order valence-electron chi connectivity index (χ2n) is 9.26. The Bertz CT molecular complexity index is 796. The first-order valence-corrected chi connectivity index (χ1v) is 9.89. The van der Waals surface area contributed by atoms with Gasteiger partial charge in [-0.05, 0) is 35.8 Å². The number of hydrogen-bond donors (Lipinski definition) is 1. The fourth-order valence-electron chi connectivity index (χ4n) is 6.07. The molecule has 0 amide bonds. The lowest BCUT2D eigenvalue weighted by molar-refractivity contribution is -0.148. The molecule has 1 saturated carbocycles. The van der Waals surface area contributed by atoms with Gasteiger partial charge in [-0.3, -0.25) is 4.79 Å². The zero-order valence-corrected chi connectivity index (χ0v) is 17.1. The molecule has 5 nitrogen and oxygen atoms in total. The Hall–Kier alpha value is -1.75. The van der Waals surface area contributed by atoms with E-state index in [1.807, 2.05) is 6.07 Å². The smallest absolute Gasteiger partial charge is 0.317 e. The summed E-state index contributed by atoms with van der Waals surface area (Å²) in [4.78, 5) is 13.3. The normalized spacial score (nSPS) is 33.3. The van der Waals surface area contributed by atoms with Crippen LogP contribution in [-0.4, -0.2) is 31.4 Å². The molecular weight excluding hydrogens is 344 g/mol. The van der Waals surface area contributed by atoms with E-state index in [0.29, 0.717) is 11.5 Å². The van der Waals surface area contributed by atoms with Crippen LogP contribution >= 0.6 is 0 Å². The number of hydrogen-bond acceptors (Lipinski definition) is 5. The van der Waals surface area contributed by atoms with Gasteiger partial charge < -0.3 is 19.3 Å². The highest BCUT2D eigenvalue weighted by molar-refractivity contribution is 5.90. The third-order valence-electron chi connectivity index (χ3n) is 7.10. The lowest BCUT2D eigenvalue weighted by Gasteiger charge is -2.51. The van der Waals surface area contributed by atoms with Crippen molar-refractivity contribution in [3.05, 3.63) is 22.8 Å². The number of esters is 1. The molecule has 2 bridgehead atoms. The third-order valence-corrected chi connectivity index (χ3v) is 7.10. The van der Waals surface area contributed by atoms with E-state index in [1.54, 1.807) is 14.2 Å². The Balaban J connectivity index is 2.10. The molecule has 4 unspecified atom stereocenters. The van der Waals surface area contributed by atoms with E-state index >= 15 is 0 Å². The summed E-state index contributed by atoms with van der Waals surface area (Å²) in [5.74, 6) is 1.14. The highest BCUT2D eigenvalue weighted by atomic mass is 16.6. The Morgan fingerprint density at radius 1 is 1.19 bits per heavy atom. The summed E-state index contributed by atoms with van der Waals surface area (Å²) in [5, 5.41) is 11.2. The van der Waals surface area contributed by atoms with Crippen LogP contribution in [0.1, 0.15) is 75.7 Å². The van der Waals surface area contributed by atoms with Gasteiger partial charge in [0.15, 0.2) is 11.5 Å². The summed E-state index contributed by atoms with van der Waals surface area (Å²) in [6.07, 6.45) is 1.32. The zero-order chi connectivity index (χ0) is 19.7. The highest BCUT2D eigenvalue weighted by Crippen LogP contribution is 2.66. The lowest BCUT2D eigenvalue weighted by Crippen LogP contribution is -2.54. The van der Waals surface area contributed by atoms with Gasteiger partial charge in [-0.15, -0.1) is 0 Å². The summed E-state index contributed by atoms with van der Waals surface area (Å²) < 4.78 is 17.4. The number of carbonyl (C=O) groups is 1. The van der Waals surface area contributed by atoms with Gasteiger partial charge in [0.25, 0.3) is 0 Å². The van der Waals surface area contributed by atoms with Crippen LogP contribution in [0.5, 0.6) is 11.5 Å². The molecule has 0 spiro atoms. The molecule has 2 fully saturated rings. The van der Waals surface area contributed by atoms with Gasteiger partial charge in [-0.2, -0.15) is 0 Å². The summed E-state index contributed by atoms with van der Waals surface area (Å²) in [7, 11) is 3.24. The van der Waals surface area contributed by atoms with Crippen molar-refractivity contribution in [3.8, 4) is 11.5 Å². The van der Waals surface area contributed by atoms with Gasteiger partial charge in [0, 0.05) is 17.0 Å². The van der Waals surface area contributed by atoms with E-state index in [2.05, 4.69) is 27.7 Å². The summed E-state index contributed by atoms with van der Waals surface area (Å²) in [6, 6.07) is 2.00. The van der Waals surface area contributed by atoms with Crippen molar-refractivity contribution in [2.24, 2.45) is 11.3 Å². The molecule has 0 radical (unpaired) electrons. The number of aliphatic hydroxyl groups excluding tert-OH is 1. The number of aliphatic hydroxyl groups is 1.